The van der Waals surface area contributed by atoms with Crippen molar-refractivity contribution in [2.75, 3.05) is 20.8 Å². The predicted molar refractivity (Wildman–Crippen MR) is 111 cm³/mol. The van der Waals surface area contributed by atoms with Crippen LogP contribution in [0.5, 0.6) is 11.5 Å². The van der Waals surface area contributed by atoms with E-state index in [1.165, 1.54) is 11.3 Å². The summed E-state index contributed by atoms with van der Waals surface area (Å²) in [7, 11) is 3.14. The number of hydrogen-bond donors (Lipinski definition) is 0. The van der Waals surface area contributed by atoms with Crippen LogP contribution in [0, 0.1) is 0 Å². The second-order valence-electron chi connectivity index (χ2n) is 6.52. The number of nitrogens with zero attached hydrogens (tertiary/aromatic N) is 3. The van der Waals surface area contributed by atoms with Crippen LogP contribution in [0.3, 0.4) is 0 Å². The summed E-state index contributed by atoms with van der Waals surface area (Å²) in [6, 6.07) is 10.1. The van der Waals surface area contributed by atoms with Crippen molar-refractivity contribution >= 4 is 39.3 Å². The van der Waals surface area contributed by atoms with Gasteiger partial charge in [-0.05, 0) is 31.2 Å². The van der Waals surface area contributed by atoms with E-state index >= 15 is 0 Å². The molecule has 0 bridgehead atoms. The Balaban J connectivity index is 1.73. The monoisotopic (exact) mass is 425 g/mol. The van der Waals surface area contributed by atoms with E-state index in [-0.39, 0.29) is 0 Å². The van der Waals surface area contributed by atoms with E-state index < -0.39 is 24.3 Å². The van der Waals surface area contributed by atoms with Crippen molar-refractivity contribution in [1.29, 1.82) is 0 Å². The van der Waals surface area contributed by atoms with Gasteiger partial charge < -0.3 is 14.0 Å². The van der Waals surface area contributed by atoms with Gasteiger partial charge in [-0.2, -0.15) is 4.99 Å². The average Bonchev–Trinajstić information content (AvgIpc) is 3.24. The molecule has 2 aromatic carbocycles. The van der Waals surface area contributed by atoms with Crippen molar-refractivity contribution in [1.82, 2.24) is 9.47 Å². The highest BCUT2D eigenvalue weighted by Crippen LogP contribution is 2.35. The molecule has 0 N–H and O–H groups in total. The lowest BCUT2D eigenvalue weighted by atomic mass is 10.1. The van der Waals surface area contributed by atoms with E-state index in [9.17, 15) is 14.4 Å². The van der Waals surface area contributed by atoms with Crippen LogP contribution in [-0.4, -0.2) is 48.0 Å². The molecule has 0 unspecified atom stereocenters. The van der Waals surface area contributed by atoms with Gasteiger partial charge in [-0.15, -0.1) is 0 Å². The number of carbonyl (C=O) groups is 3. The number of aromatic nitrogens is 1. The summed E-state index contributed by atoms with van der Waals surface area (Å²) in [6.07, 6.45) is 0. The largest absolute Gasteiger partial charge is 0.495 e. The van der Waals surface area contributed by atoms with Gasteiger partial charge in [0.05, 0.1) is 25.3 Å². The van der Waals surface area contributed by atoms with Gasteiger partial charge in [0.1, 0.15) is 28.3 Å². The van der Waals surface area contributed by atoms with Crippen LogP contribution >= 0.6 is 11.3 Å². The average molecular weight is 425 g/mol. The van der Waals surface area contributed by atoms with Crippen molar-refractivity contribution in [3.63, 3.8) is 0 Å². The first-order chi connectivity index (χ1) is 14.5. The first-order valence-electron chi connectivity index (χ1n) is 9.27. The lowest BCUT2D eigenvalue weighted by Gasteiger charge is -2.10. The Kier molecular flexibility index (Phi) is 5.13. The molecule has 0 radical (unpaired) electrons. The van der Waals surface area contributed by atoms with Crippen LogP contribution in [0.25, 0.3) is 10.2 Å². The normalized spacial score (nSPS) is 13.8. The summed E-state index contributed by atoms with van der Waals surface area (Å²) in [5.41, 5.74) is 1.38. The third kappa shape index (κ3) is 3.07. The fourth-order valence-corrected chi connectivity index (χ4v) is 4.71. The molecule has 3 aromatic rings. The molecule has 3 amide bonds. The second kappa shape index (κ2) is 7.75. The molecule has 0 saturated carbocycles. The number of methoxy groups -OCH3 is 2. The lowest BCUT2D eigenvalue weighted by molar-refractivity contribution is -0.118. The number of ether oxygens (including phenoxy) is 2. The zero-order valence-electron chi connectivity index (χ0n) is 16.7. The Hall–Kier alpha value is -3.46. The molecule has 0 aliphatic carbocycles. The molecule has 1 aromatic heterocycles. The zero-order valence-corrected chi connectivity index (χ0v) is 17.5. The van der Waals surface area contributed by atoms with E-state index in [4.69, 9.17) is 9.47 Å². The summed E-state index contributed by atoms with van der Waals surface area (Å²) in [5, 5.41) is 0. The highest BCUT2D eigenvalue weighted by atomic mass is 32.1. The van der Waals surface area contributed by atoms with Gasteiger partial charge in [0, 0.05) is 6.54 Å². The fraction of sp³-hybridized carbons (Fsp3) is 0.238. The molecule has 0 atom stereocenters. The minimum absolute atomic E-state index is 0.301. The molecular weight excluding hydrogens is 406 g/mol. The van der Waals surface area contributed by atoms with E-state index in [1.54, 1.807) is 50.6 Å². The Morgan fingerprint density at radius 2 is 1.60 bits per heavy atom. The first kappa shape index (κ1) is 19.8. The SMILES string of the molecule is CCn1c(=NC(=O)CN2C(=O)c3ccccc3C2=O)sc2c(OC)ccc(OC)c21. The van der Waals surface area contributed by atoms with Crippen molar-refractivity contribution < 1.29 is 23.9 Å². The number of thiazole rings is 1. The van der Waals surface area contributed by atoms with Crippen molar-refractivity contribution in [2.45, 2.75) is 13.5 Å². The summed E-state index contributed by atoms with van der Waals surface area (Å²) >= 11 is 1.29. The van der Waals surface area contributed by atoms with Gasteiger partial charge in [0.25, 0.3) is 17.7 Å². The van der Waals surface area contributed by atoms with Crippen LogP contribution in [0.1, 0.15) is 27.6 Å². The van der Waals surface area contributed by atoms with E-state index in [0.717, 1.165) is 15.1 Å². The third-order valence-corrected chi connectivity index (χ3v) is 5.99. The molecule has 1 aliphatic rings. The lowest BCUT2D eigenvalue weighted by Crippen LogP contribution is -2.35. The van der Waals surface area contributed by atoms with Crippen LogP contribution in [0.2, 0.25) is 0 Å². The number of aryl methyl sites for hydroxylation is 1. The van der Waals surface area contributed by atoms with E-state index in [1.807, 2.05) is 11.5 Å². The number of benzene rings is 2. The second-order valence-corrected chi connectivity index (χ2v) is 7.50. The molecule has 9 heteroatoms. The Morgan fingerprint density at radius 1 is 1.00 bits per heavy atom. The van der Waals surface area contributed by atoms with E-state index in [0.29, 0.717) is 34.0 Å². The van der Waals surface area contributed by atoms with Crippen LogP contribution in [-0.2, 0) is 11.3 Å². The minimum Gasteiger partial charge on any atom is -0.495 e. The van der Waals surface area contributed by atoms with Crippen LogP contribution in [0.4, 0.5) is 0 Å². The quantitative estimate of drug-likeness (QED) is 0.586. The Bertz CT molecular complexity index is 1220. The molecule has 8 nitrogen and oxygen atoms in total. The highest BCUT2D eigenvalue weighted by Gasteiger charge is 2.36. The fourth-order valence-electron chi connectivity index (χ4n) is 3.49. The predicted octanol–water partition coefficient (Wildman–Crippen LogP) is 2.46. The van der Waals surface area contributed by atoms with Gasteiger partial charge in [0.15, 0.2) is 4.80 Å². The molecule has 4 rings (SSSR count). The van der Waals surface area contributed by atoms with Crippen molar-refractivity contribution in [3.05, 3.63) is 52.3 Å². The minimum atomic E-state index is -0.587. The molecule has 154 valence electrons. The van der Waals surface area contributed by atoms with E-state index in [2.05, 4.69) is 4.99 Å². The van der Waals surface area contributed by atoms with Crippen LogP contribution in [0.15, 0.2) is 41.4 Å². The number of carbonyl (C=O) groups excluding carboxylic acids is 3. The zero-order chi connectivity index (χ0) is 21.4. The number of hydrogen-bond acceptors (Lipinski definition) is 6. The van der Waals surface area contributed by atoms with Gasteiger partial charge in [0.2, 0.25) is 0 Å². The number of amides is 3. The molecule has 0 saturated heterocycles. The Morgan fingerprint density at radius 3 is 2.17 bits per heavy atom. The molecule has 2 heterocycles. The molecule has 0 fully saturated rings. The van der Waals surface area contributed by atoms with Gasteiger partial charge >= 0.3 is 0 Å². The molecule has 1 aliphatic heterocycles. The standard InChI is InChI=1S/C21H19N3O5S/c1-4-23-17-14(28-2)9-10-15(29-3)18(17)30-21(23)22-16(25)11-24-19(26)12-7-5-6-8-13(12)20(24)27/h5-10H,4,11H2,1-3H3. The third-order valence-electron chi connectivity index (χ3n) is 4.90. The molecule has 30 heavy (non-hydrogen) atoms. The van der Waals surface area contributed by atoms with Crippen molar-refractivity contribution in [2.24, 2.45) is 4.99 Å². The number of imide groups is 1. The topological polar surface area (TPSA) is 90.2 Å². The molecule has 0 spiro atoms. The maximum Gasteiger partial charge on any atom is 0.268 e. The summed E-state index contributed by atoms with van der Waals surface area (Å²) in [5.74, 6) is -0.272. The summed E-state index contributed by atoms with van der Waals surface area (Å²) < 4.78 is 13.5. The maximum absolute atomic E-state index is 12.7. The van der Waals surface area contributed by atoms with Gasteiger partial charge in [-0.3, -0.25) is 19.3 Å². The smallest absolute Gasteiger partial charge is 0.268 e. The number of fused-ring (bicyclic) bond motifs is 2. The Labute approximate surface area is 176 Å². The van der Waals surface area contributed by atoms with Gasteiger partial charge in [-0.25, -0.2) is 0 Å². The molecular formula is C21H19N3O5S. The first-order valence-corrected chi connectivity index (χ1v) is 10.1. The van der Waals surface area contributed by atoms with Crippen LogP contribution < -0.4 is 14.3 Å². The number of rotatable bonds is 5. The van der Waals surface area contributed by atoms with Crippen molar-refractivity contribution in [3.8, 4) is 11.5 Å². The summed E-state index contributed by atoms with van der Waals surface area (Å²) in [6.45, 7) is 2.06. The highest BCUT2D eigenvalue weighted by molar-refractivity contribution is 7.16. The van der Waals surface area contributed by atoms with Gasteiger partial charge in [-0.1, -0.05) is 23.5 Å². The maximum atomic E-state index is 12.7. The summed E-state index contributed by atoms with van der Waals surface area (Å²) in [4.78, 5) is 43.3.